The van der Waals surface area contributed by atoms with Crippen LogP contribution >= 0.6 is 0 Å². The molecule has 1 saturated heterocycles. The molecule has 3 heteroatoms. The van der Waals surface area contributed by atoms with Crippen molar-refractivity contribution in [3.63, 3.8) is 0 Å². The zero-order valence-corrected chi connectivity index (χ0v) is 5.10. The summed E-state index contributed by atoms with van der Waals surface area (Å²) in [5.41, 5.74) is 0. The van der Waals surface area contributed by atoms with Gasteiger partial charge in [0.1, 0.15) is 0 Å². The average molecular weight is 118 g/mol. The van der Waals surface area contributed by atoms with Crippen molar-refractivity contribution in [2.24, 2.45) is 0 Å². The van der Waals surface area contributed by atoms with Gasteiger partial charge in [-0.25, -0.2) is 5.01 Å². The standard InChI is InChI=1S/C5H11FN2/c1-7-4-2-3-5-8(7)6/h2-5H2,1H3. The smallest absolute Gasteiger partial charge is 0.0455 e. The fraction of sp³-hybridized carbons (Fsp3) is 1.00. The van der Waals surface area contributed by atoms with Gasteiger partial charge in [-0.3, -0.25) is 0 Å². The van der Waals surface area contributed by atoms with Crippen molar-refractivity contribution in [1.29, 1.82) is 0 Å². The van der Waals surface area contributed by atoms with Crippen molar-refractivity contribution in [2.75, 3.05) is 20.1 Å². The fourth-order valence-corrected chi connectivity index (χ4v) is 0.862. The Morgan fingerprint density at radius 3 is 2.25 bits per heavy atom. The molecule has 0 aliphatic carbocycles. The Labute approximate surface area is 48.8 Å². The number of hydrazine groups is 1. The highest BCUT2D eigenvalue weighted by Crippen LogP contribution is 2.07. The molecule has 0 aromatic heterocycles. The van der Waals surface area contributed by atoms with Crippen LogP contribution in [-0.2, 0) is 0 Å². The molecule has 1 fully saturated rings. The van der Waals surface area contributed by atoms with Crippen LogP contribution in [0.1, 0.15) is 12.8 Å². The number of hydrogen-bond acceptors (Lipinski definition) is 2. The molecule has 2 nitrogen and oxygen atoms in total. The summed E-state index contributed by atoms with van der Waals surface area (Å²) in [7, 11) is 1.76. The van der Waals surface area contributed by atoms with Crippen LogP contribution < -0.4 is 0 Å². The van der Waals surface area contributed by atoms with Gasteiger partial charge in [-0.1, -0.05) is 5.23 Å². The van der Waals surface area contributed by atoms with E-state index < -0.39 is 0 Å². The van der Waals surface area contributed by atoms with Crippen molar-refractivity contribution in [3.8, 4) is 0 Å². The van der Waals surface area contributed by atoms with Gasteiger partial charge in [0.25, 0.3) is 0 Å². The van der Waals surface area contributed by atoms with Gasteiger partial charge in [0.2, 0.25) is 0 Å². The highest BCUT2D eigenvalue weighted by atomic mass is 19.2. The van der Waals surface area contributed by atoms with Gasteiger partial charge < -0.3 is 0 Å². The molecule has 0 radical (unpaired) electrons. The van der Waals surface area contributed by atoms with Crippen LogP contribution in [0, 0.1) is 0 Å². The lowest BCUT2D eigenvalue weighted by molar-refractivity contribution is -0.173. The Morgan fingerprint density at radius 2 is 1.88 bits per heavy atom. The number of nitrogens with zero attached hydrogens (tertiary/aromatic N) is 2. The van der Waals surface area contributed by atoms with Crippen LogP contribution in [-0.4, -0.2) is 30.4 Å². The Kier molecular flexibility index (Phi) is 1.81. The van der Waals surface area contributed by atoms with Gasteiger partial charge in [0.15, 0.2) is 0 Å². The van der Waals surface area contributed by atoms with Gasteiger partial charge >= 0.3 is 0 Å². The molecule has 1 aliphatic rings. The van der Waals surface area contributed by atoms with E-state index in [4.69, 9.17) is 0 Å². The highest BCUT2D eigenvalue weighted by Gasteiger charge is 2.13. The van der Waals surface area contributed by atoms with Crippen LogP contribution in [0.4, 0.5) is 4.48 Å². The van der Waals surface area contributed by atoms with Crippen molar-refractivity contribution < 1.29 is 4.48 Å². The van der Waals surface area contributed by atoms with Crippen LogP contribution in [0.2, 0.25) is 0 Å². The van der Waals surface area contributed by atoms with Gasteiger partial charge in [-0.05, 0) is 12.8 Å². The van der Waals surface area contributed by atoms with E-state index in [1.54, 1.807) is 12.1 Å². The molecule has 0 amide bonds. The summed E-state index contributed by atoms with van der Waals surface area (Å²) in [6.45, 7) is 1.42. The number of rotatable bonds is 0. The molecule has 0 aromatic rings. The second kappa shape index (κ2) is 2.42. The predicted molar refractivity (Wildman–Crippen MR) is 29.7 cm³/mol. The minimum atomic E-state index is 0.566. The van der Waals surface area contributed by atoms with Crippen LogP contribution in [0.3, 0.4) is 0 Å². The summed E-state index contributed by atoms with van der Waals surface area (Å²) in [6.07, 6.45) is 2.11. The van der Waals surface area contributed by atoms with Crippen molar-refractivity contribution in [3.05, 3.63) is 0 Å². The third kappa shape index (κ3) is 1.17. The van der Waals surface area contributed by atoms with Crippen molar-refractivity contribution in [2.45, 2.75) is 12.8 Å². The molecule has 1 aliphatic heterocycles. The Morgan fingerprint density at radius 1 is 1.25 bits per heavy atom. The van der Waals surface area contributed by atoms with Crippen LogP contribution in [0.5, 0.6) is 0 Å². The van der Waals surface area contributed by atoms with Gasteiger partial charge in [-0.2, -0.15) is 0 Å². The fourth-order valence-electron chi connectivity index (χ4n) is 0.862. The summed E-state index contributed by atoms with van der Waals surface area (Å²) < 4.78 is 12.3. The monoisotopic (exact) mass is 118 g/mol. The second-order valence-corrected chi connectivity index (χ2v) is 2.15. The first-order valence-corrected chi connectivity index (χ1v) is 2.95. The normalized spacial score (nSPS) is 26.2. The highest BCUT2D eigenvalue weighted by molar-refractivity contribution is 4.53. The lowest BCUT2D eigenvalue weighted by atomic mass is 10.3. The first-order valence-electron chi connectivity index (χ1n) is 2.95. The van der Waals surface area contributed by atoms with Crippen LogP contribution in [0.15, 0.2) is 0 Å². The van der Waals surface area contributed by atoms with Gasteiger partial charge in [-0.15, -0.1) is 4.48 Å². The minimum Gasteiger partial charge on any atom is -0.217 e. The molecule has 8 heavy (non-hydrogen) atoms. The molecule has 1 heterocycles. The van der Waals surface area contributed by atoms with Gasteiger partial charge in [0, 0.05) is 20.1 Å². The predicted octanol–water partition coefficient (Wildman–Crippen LogP) is 0.814. The maximum absolute atomic E-state index is 12.3. The zero-order valence-electron chi connectivity index (χ0n) is 5.10. The zero-order chi connectivity index (χ0) is 5.98. The van der Waals surface area contributed by atoms with E-state index in [0.717, 1.165) is 24.6 Å². The lowest BCUT2D eigenvalue weighted by Crippen LogP contribution is -2.38. The van der Waals surface area contributed by atoms with Crippen molar-refractivity contribution >= 4 is 0 Å². The van der Waals surface area contributed by atoms with E-state index in [1.807, 2.05) is 0 Å². The first-order chi connectivity index (χ1) is 3.80. The molecule has 1 rings (SSSR count). The quantitative estimate of drug-likeness (QED) is 0.434. The SMILES string of the molecule is CN1CCCCN1F. The Hall–Kier alpha value is -0.150. The van der Waals surface area contributed by atoms with E-state index in [2.05, 4.69) is 0 Å². The summed E-state index contributed by atoms with van der Waals surface area (Å²) in [5, 5.41) is 2.37. The van der Waals surface area contributed by atoms with E-state index in [1.165, 1.54) is 0 Å². The minimum absolute atomic E-state index is 0.566. The maximum Gasteiger partial charge on any atom is 0.0455 e. The summed E-state index contributed by atoms with van der Waals surface area (Å²) >= 11 is 0. The molecule has 0 spiro atoms. The first kappa shape index (κ1) is 5.98. The molecule has 0 saturated carbocycles. The summed E-state index contributed by atoms with van der Waals surface area (Å²) in [4.78, 5) is 0. The van der Waals surface area contributed by atoms with Gasteiger partial charge in [0.05, 0.1) is 0 Å². The molecule has 0 aromatic carbocycles. The molecule has 0 bridgehead atoms. The van der Waals surface area contributed by atoms with E-state index in [0.29, 0.717) is 6.54 Å². The Bertz CT molecular complexity index is 66.8. The van der Waals surface area contributed by atoms with Crippen molar-refractivity contribution in [1.82, 2.24) is 10.2 Å². The maximum atomic E-state index is 12.3. The molecular formula is C5H11FN2. The topological polar surface area (TPSA) is 6.48 Å². The Balaban J connectivity index is 2.28. The van der Waals surface area contributed by atoms with E-state index in [-0.39, 0.29) is 0 Å². The molecule has 0 N–H and O–H groups in total. The third-order valence-electron chi connectivity index (χ3n) is 1.44. The molecular weight excluding hydrogens is 107 g/mol. The van der Waals surface area contributed by atoms with E-state index in [9.17, 15) is 4.48 Å². The number of halogens is 1. The molecule has 48 valence electrons. The molecule has 0 atom stereocenters. The summed E-state index contributed by atoms with van der Waals surface area (Å²) in [5.74, 6) is 0. The molecule has 0 unspecified atom stereocenters. The average Bonchev–Trinajstić information content (AvgIpc) is 1.77. The van der Waals surface area contributed by atoms with Crippen LogP contribution in [0.25, 0.3) is 0 Å². The summed E-state index contributed by atoms with van der Waals surface area (Å²) in [6, 6.07) is 0. The largest absolute Gasteiger partial charge is 0.217 e. The lowest BCUT2D eigenvalue weighted by Gasteiger charge is -2.27. The third-order valence-corrected chi connectivity index (χ3v) is 1.44. The number of hydrogen-bond donors (Lipinski definition) is 0. The second-order valence-electron chi connectivity index (χ2n) is 2.15. The van der Waals surface area contributed by atoms with E-state index >= 15 is 0 Å².